The van der Waals surface area contributed by atoms with Crippen LogP contribution in [0.25, 0.3) is 0 Å². The first-order valence-electron chi connectivity index (χ1n) is 9.73. The smallest absolute Gasteiger partial charge is 0.255 e. The molecule has 1 amide bonds. The Bertz CT molecular complexity index is 750. The Morgan fingerprint density at radius 2 is 1.63 bits per heavy atom. The standard InChI is InChI=1S/C20H26N6O/c1-16-5-9-24(10-6-16)18-4-3-17(15-23-18)19(27)25-11-13-26(14-12-25)20-21-7-2-8-22-20/h2-4,7-8,15-16H,5-6,9-14H2,1H3. The molecule has 142 valence electrons. The van der Waals surface area contributed by atoms with Crippen molar-refractivity contribution in [3.8, 4) is 0 Å². The molecule has 7 heteroatoms. The second-order valence-corrected chi connectivity index (χ2v) is 7.40. The number of hydrogen-bond donors (Lipinski definition) is 0. The van der Waals surface area contributed by atoms with Crippen LogP contribution in [0.5, 0.6) is 0 Å². The molecule has 0 aromatic carbocycles. The third kappa shape index (κ3) is 4.02. The summed E-state index contributed by atoms with van der Waals surface area (Å²) in [5.74, 6) is 2.55. The zero-order chi connectivity index (χ0) is 18.6. The number of carbonyl (C=O) groups excluding carboxylic acids is 1. The van der Waals surface area contributed by atoms with E-state index in [2.05, 4.69) is 31.7 Å². The molecule has 0 atom stereocenters. The summed E-state index contributed by atoms with van der Waals surface area (Å²) in [5, 5.41) is 0. The maximum absolute atomic E-state index is 12.8. The van der Waals surface area contributed by atoms with Crippen LogP contribution in [0.2, 0.25) is 0 Å². The van der Waals surface area contributed by atoms with E-state index in [0.29, 0.717) is 18.7 Å². The molecule has 0 N–H and O–H groups in total. The van der Waals surface area contributed by atoms with Crippen molar-refractivity contribution in [1.82, 2.24) is 19.9 Å². The summed E-state index contributed by atoms with van der Waals surface area (Å²) in [7, 11) is 0. The first-order chi connectivity index (χ1) is 13.2. The molecule has 2 fully saturated rings. The molecule has 2 aliphatic rings. The van der Waals surface area contributed by atoms with Gasteiger partial charge in [-0.2, -0.15) is 0 Å². The average Bonchev–Trinajstić information content (AvgIpc) is 2.75. The fraction of sp³-hybridized carbons (Fsp3) is 0.500. The zero-order valence-corrected chi connectivity index (χ0v) is 15.8. The molecule has 0 spiro atoms. The summed E-state index contributed by atoms with van der Waals surface area (Å²) in [6, 6.07) is 5.71. The van der Waals surface area contributed by atoms with E-state index in [0.717, 1.165) is 43.9 Å². The van der Waals surface area contributed by atoms with Gasteiger partial charge in [0.25, 0.3) is 5.91 Å². The van der Waals surface area contributed by atoms with E-state index in [1.165, 1.54) is 12.8 Å². The first kappa shape index (κ1) is 17.7. The van der Waals surface area contributed by atoms with Crippen LogP contribution >= 0.6 is 0 Å². The minimum atomic E-state index is 0.0509. The van der Waals surface area contributed by atoms with E-state index in [9.17, 15) is 4.79 Å². The van der Waals surface area contributed by atoms with Crippen LogP contribution in [-0.4, -0.2) is 65.0 Å². The quantitative estimate of drug-likeness (QED) is 0.829. The SMILES string of the molecule is CC1CCN(c2ccc(C(=O)N3CCN(c4ncccn4)CC3)cn2)CC1. The highest BCUT2D eigenvalue weighted by atomic mass is 16.2. The lowest BCUT2D eigenvalue weighted by atomic mass is 9.99. The summed E-state index contributed by atoms with van der Waals surface area (Å²) in [5.41, 5.74) is 0.661. The molecule has 2 aromatic rings. The highest BCUT2D eigenvalue weighted by molar-refractivity contribution is 5.94. The Hall–Kier alpha value is -2.70. The molecule has 4 heterocycles. The number of aromatic nitrogens is 3. The van der Waals surface area contributed by atoms with Crippen molar-refractivity contribution in [3.63, 3.8) is 0 Å². The molecular formula is C20H26N6O. The van der Waals surface area contributed by atoms with Gasteiger partial charge in [0, 0.05) is 57.9 Å². The van der Waals surface area contributed by atoms with Crippen LogP contribution in [0.1, 0.15) is 30.1 Å². The molecule has 2 saturated heterocycles. The van der Waals surface area contributed by atoms with Crippen molar-refractivity contribution in [3.05, 3.63) is 42.4 Å². The summed E-state index contributed by atoms with van der Waals surface area (Å²) >= 11 is 0. The van der Waals surface area contributed by atoms with Crippen LogP contribution in [0, 0.1) is 5.92 Å². The molecule has 2 aliphatic heterocycles. The first-order valence-corrected chi connectivity index (χ1v) is 9.73. The van der Waals surface area contributed by atoms with Crippen LogP contribution in [0.15, 0.2) is 36.8 Å². The molecule has 0 unspecified atom stereocenters. The number of carbonyl (C=O) groups is 1. The Morgan fingerprint density at radius 1 is 0.926 bits per heavy atom. The molecule has 0 aliphatic carbocycles. The molecular weight excluding hydrogens is 340 g/mol. The van der Waals surface area contributed by atoms with Gasteiger partial charge in [0.1, 0.15) is 5.82 Å². The van der Waals surface area contributed by atoms with Gasteiger partial charge in [0.15, 0.2) is 0 Å². The molecule has 0 bridgehead atoms. The third-order valence-electron chi connectivity index (χ3n) is 5.50. The number of pyridine rings is 1. The Morgan fingerprint density at radius 3 is 2.26 bits per heavy atom. The zero-order valence-electron chi connectivity index (χ0n) is 15.8. The number of hydrogen-bond acceptors (Lipinski definition) is 6. The van der Waals surface area contributed by atoms with Crippen molar-refractivity contribution in [2.24, 2.45) is 5.92 Å². The normalized spacial score (nSPS) is 18.6. The van der Waals surface area contributed by atoms with Gasteiger partial charge in [-0.15, -0.1) is 0 Å². The van der Waals surface area contributed by atoms with Crippen molar-refractivity contribution >= 4 is 17.7 Å². The number of amides is 1. The molecule has 0 radical (unpaired) electrons. The van der Waals surface area contributed by atoms with Crippen LogP contribution in [-0.2, 0) is 0 Å². The maximum atomic E-state index is 12.8. The summed E-state index contributed by atoms with van der Waals surface area (Å²) < 4.78 is 0. The fourth-order valence-electron chi connectivity index (χ4n) is 3.68. The number of rotatable bonds is 3. The van der Waals surface area contributed by atoms with E-state index in [4.69, 9.17) is 0 Å². The summed E-state index contributed by atoms with van der Waals surface area (Å²) in [6.07, 6.45) is 7.63. The maximum Gasteiger partial charge on any atom is 0.255 e. The third-order valence-corrected chi connectivity index (χ3v) is 5.50. The van der Waals surface area contributed by atoms with E-state index in [-0.39, 0.29) is 5.91 Å². The number of nitrogens with zero attached hydrogens (tertiary/aromatic N) is 6. The van der Waals surface area contributed by atoms with E-state index in [1.54, 1.807) is 18.6 Å². The van der Waals surface area contributed by atoms with E-state index >= 15 is 0 Å². The van der Waals surface area contributed by atoms with Gasteiger partial charge in [-0.1, -0.05) is 6.92 Å². The summed E-state index contributed by atoms with van der Waals surface area (Å²) in [4.78, 5) is 32.2. The highest BCUT2D eigenvalue weighted by Crippen LogP contribution is 2.21. The van der Waals surface area contributed by atoms with Crippen LogP contribution in [0.3, 0.4) is 0 Å². The monoisotopic (exact) mass is 366 g/mol. The Kier molecular flexibility index (Phi) is 5.18. The number of anilines is 2. The average molecular weight is 366 g/mol. The molecule has 0 saturated carbocycles. The molecule has 27 heavy (non-hydrogen) atoms. The second-order valence-electron chi connectivity index (χ2n) is 7.40. The minimum absolute atomic E-state index is 0.0509. The number of piperazine rings is 1. The fourth-order valence-corrected chi connectivity index (χ4v) is 3.68. The van der Waals surface area contributed by atoms with Gasteiger partial charge < -0.3 is 14.7 Å². The number of piperidine rings is 1. The predicted octanol–water partition coefficient (Wildman–Crippen LogP) is 2.07. The van der Waals surface area contributed by atoms with Gasteiger partial charge in [0.2, 0.25) is 5.95 Å². The molecule has 4 rings (SSSR count). The van der Waals surface area contributed by atoms with Crippen LogP contribution < -0.4 is 9.80 Å². The van der Waals surface area contributed by atoms with Gasteiger partial charge in [-0.05, 0) is 37.0 Å². The summed E-state index contributed by atoms with van der Waals surface area (Å²) in [6.45, 7) is 7.22. The van der Waals surface area contributed by atoms with Gasteiger partial charge in [0.05, 0.1) is 5.56 Å². The highest BCUT2D eigenvalue weighted by Gasteiger charge is 2.24. The largest absolute Gasteiger partial charge is 0.357 e. The van der Waals surface area contributed by atoms with Crippen molar-refractivity contribution in [2.75, 3.05) is 49.1 Å². The van der Waals surface area contributed by atoms with Crippen molar-refractivity contribution < 1.29 is 4.79 Å². The van der Waals surface area contributed by atoms with Crippen molar-refractivity contribution in [2.45, 2.75) is 19.8 Å². The van der Waals surface area contributed by atoms with Gasteiger partial charge in [-0.25, -0.2) is 15.0 Å². The predicted molar refractivity (Wildman–Crippen MR) is 105 cm³/mol. The second kappa shape index (κ2) is 7.90. The molecule has 7 nitrogen and oxygen atoms in total. The topological polar surface area (TPSA) is 65.5 Å². The lowest BCUT2D eigenvalue weighted by Crippen LogP contribution is -2.49. The lowest BCUT2D eigenvalue weighted by Gasteiger charge is -2.34. The van der Waals surface area contributed by atoms with E-state index < -0.39 is 0 Å². The van der Waals surface area contributed by atoms with Gasteiger partial charge in [-0.3, -0.25) is 4.79 Å². The van der Waals surface area contributed by atoms with Gasteiger partial charge >= 0.3 is 0 Å². The molecule has 2 aromatic heterocycles. The minimum Gasteiger partial charge on any atom is -0.357 e. The van der Waals surface area contributed by atoms with E-state index in [1.807, 2.05) is 23.1 Å². The van der Waals surface area contributed by atoms with Crippen LogP contribution in [0.4, 0.5) is 11.8 Å². The Balaban J connectivity index is 1.35. The van der Waals surface area contributed by atoms with Crippen molar-refractivity contribution in [1.29, 1.82) is 0 Å². The lowest BCUT2D eigenvalue weighted by molar-refractivity contribution is 0.0746. The Labute approximate surface area is 160 Å².